The van der Waals surface area contributed by atoms with E-state index in [1.54, 1.807) is 0 Å². The van der Waals surface area contributed by atoms with Crippen molar-refractivity contribution in [3.8, 4) is 0 Å². The fourth-order valence-electron chi connectivity index (χ4n) is 6.96. The molecule has 202 valence electrons. The molecule has 6 rings (SSSR count). The predicted molar refractivity (Wildman–Crippen MR) is 172 cm³/mol. The van der Waals surface area contributed by atoms with Gasteiger partial charge in [-0.1, -0.05) is 120 Å². The second kappa shape index (κ2) is 11.5. The summed E-state index contributed by atoms with van der Waals surface area (Å²) < 4.78 is 4.71. The molecule has 0 unspecified atom stereocenters. The van der Waals surface area contributed by atoms with Crippen molar-refractivity contribution in [2.75, 3.05) is 0 Å². The van der Waals surface area contributed by atoms with Crippen LogP contribution in [0.25, 0.3) is 54.1 Å². The van der Waals surface area contributed by atoms with Crippen molar-refractivity contribution in [3.05, 3.63) is 72.6 Å². The third kappa shape index (κ3) is 4.95. The molecule has 39 heavy (non-hydrogen) atoms. The summed E-state index contributed by atoms with van der Waals surface area (Å²) in [6.07, 6.45) is 18.7. The Morgan fingerprint density at radius 2 is 0.974 bits per heavy atom. The summed E-state index contributed by atoms with van der Waals surface area (Å²) in [5, 5.41) is 10.8. The van der Waals surface area contributed by atoms with Crippen molar-refractivity contribution in [1.82, 2.24) is 9.13 Å². The molecule has 0 aliphatic carbocycles. The van der Waals surface area contributed by atoms with Crippen LogP contribution in [-0.2, 0) is 20.5 Å². The van der Waals surface area contributed by atoms with Crippen molar-refractivity contribution < 1.29 is 0 Å². The largest absolute Gasteiger partial charge is 0.350 e. The molecule has 0 saturated heterocycles. The summed E-state index contributed by atoms with van der Waals surface area (Å²) in [5.74, 6) is 0. The summed E-state index contributed by atoms with van der Waals surface area (Å²) in [6.45, 7) is 2.30. The Bertz CT molecular complexity index is 1750. The predicted octanol–water partition coefficient (Wildman–Crippen LogP) is 11.0. The van der Waals surface area contributed by atoms with Gasteiger partial charge in [0, 0.05) is 47.5 Å². The first-order valence-corrected chi connectivity index (χ1v) is 15.5. The van der Waals surface area contributed by atoms with Gasteiger partial charge in [0.2, 0.25) is 0 Å². The molecule has 0 bridgehead atoms. The zero-order valence-electron chi connectivity index (χ0n) is 24.2. The Morgan fingerprint density at radius 3 is 1.62 bits per heavy atom. The lowest BCUT2D eigenvalue weighted by molar-refractivity contribution is 0.548. The van der Waals surface area contributed by atoms with Crippen LogP contribution in [0.4, 0.5) is 0 Å². The van der Waals surface area contributed by atoms with Crippen LogP contribution in [0.1, 0.15) is 83.2 Å². The Balaban J connectivity index is 1.19. The molecular weight excluding hydrogens is 472 g/mol. The van der Waals surface area contributed by atoms with Gasteiger partial charge in [0.05, 0.1) is 11.0 Å². The van der Waals surface area contributed by atoms with E-state index in [0.717, 1.165) is 0 Å². The van der Waals surface area contributed by atoms with E-state index >= 15 is 0 Å². The number of aryl methyl sites for hydroxylation is 3. The molecule has 0 spiro atoms. The van der Waals surface area contributed by atoms with E-state index in [4.69, 9.17) is 0 Å². The Morgan fingerprint density at radius 1 is 0.487 bits per heavy atom. The SMILES string of the molecule is CCCCCCCCCCCCCc1cc2ccc3c4ccc5c(ccc6ccn(C)c65)c4ccc3c2n1C. The lowest BCUT2D eigenvalue weighted by Crippen LogP contribution is -1.97. The maximum absolute atomic E-state index is 2.47. The van der Waals surface area contributed by atoms with Crippen molar-refractivity contribution in [2.24, 2.45) is 14.1 Å². The normalized spacial score (nSPS) is 12.2. The van der Waals surface area contributed by atoms with Crippen molar-refractivity contribution in [1.29, 1.82) is 0 Å². The summed E-state index contributed by atoms with van der Waals surface area (Å²) in [5.41, 5.74) is 4.17. The average Bonchev–Trinajstić information content (AvgIpc) is 3.50. The Kier molecular flexibility index (Phi) is 7.64. The van der Waals surface area contributed by atoms with Gasteiger partial charge in [-0.05, 0) is 46.5 Å². The molecule has 0 aliphatic heterocycles. The highest BCUT2D eigenvalue weighted by Crippen LogP contribution is 2.37. The van der Waals surface area contributed by atoms with Gasteiger partial charge in [-0.25, -0.2) is 0 Å². The first-order chi connectivity index (χ1) is 19.2. The van der Waals surface area contributed by atoms with Crippen LogP contribution in [0.15, 0.2) is 66.9 Å². The minimum Gasteiger partial charge on any atom is -0.350 e. The summed E-state index contributed by atoms with van der Waals surface area (Å²) in [6, 6.07) is 23.3. The monoisotopic (exact) mass is 516 g/mol. The van der Waals surface area contributed by atoms with Crippen LogP contribution in [0, 0.1) is 0 Å². The number of hydrogen-bond donors (Lipinski definition) is 0. The van der Waals surface area contributed by atoms with Crippen LogP contribution in [0.3, 0.4) is 0 Å². The molecule has 2 aromatic heterocycles. The highest BCUT2D eigenvalue weighted by atomic mass is 14.9. The highest BCUT2D eigenvalue weighted by Gasteiger charge is 2.13. The molecule has 2 heteroatoms. The van der Waals surface area contributed by atoms with E-state index in [0.29, 0.717) is 0 Å². The third-order valence-electron chi connectivity index (χ3n) is 9.16. The lowest BCUT2D eigenvalue weighted by atomic mass is 9.95. The number of unbranched alkanes of at least 4 members (excludes halogenated alkanes) is 10. The van der Waals surface area contributed by atoms with Gasteiger partial charge in [-0.15, -0.1) is 0 Å². The number of hydrogen-bond acceptors (Lipinski definition) is 0. The molecule has 2 nitrogen and oxygen atoms in total. The van der Waals surface area contributed by atoms with Crippen molar-refractivity contribution in [2.45, 2.75) is 84.0 Å². The van der Waals surface area contributed by atoms with Crippen LogP contribution in [0.2, 0.25) is 0 Å². The molecule has 2 heterocycles. The van der Waals surface area contributed by atoms with Gasteiger partial charge in [-0.3, -0.25) is 0 Å². The third-order valence-corrected chi connectivity index (χ3v) is 9.16. The van der Waals surface area contributed by atoms with Crippen molar-refractivity contribution in [3.63, 3.8) is 0 Å². The molecule has 0 saturated carbocycles. The summed E-state index contributed by atoms with van der Waals surface area (Å²) in [7, 11) is 4.42. The number of rotatable bonds is 12. The molecule has 0 fully saturated rings. The molecule has 0 aliphatic rings. The minimum absolute atomic E-state index is 1.18. The molecule has 6 aromatic rings. The maximum atomic E-state index is 2.47. The average molecular weight is 517 g/mol. The molecule has 0 amide bonds. The van der Waals surface area contributed by atoms with Gasteiger partial charge < -0.3 is 9.13 Å². The van der Waals surface area contributed by atoms with E-state index in [1.165, 1.54) is 137 Å². The van der Waals surface area contributed by atoms with Gasteiger partial charge >= 0.3 is 0 Å². The molecule has 0 radical (unpaired) electrons. The first kappa shape index (κ1) is 26.0. The zero-order chi connectivity index (χ0) is 26.8. The fraction of sp³-hybridized carbons (Fsp3) is 0.405. The second-order valence-electron chi connectivity index (χ2n) is 11.8. The van der Waals surface area contributed by atoms with Crippen molar-refractivity contribution >= 4 is 54.1 Å². The van der Waals surface area contributed by atoms with E-state index in [1.807, 2.05) is 0 Å². The zero-order valence-corrected chi connectivity index (χ0v) is 24.2. The van der Waals surface area contributed by atoms with E-state index in [-0.39, 0.29) is 0 Å². The van der Waals surface area contributed by atoms with Gasteiger partial charge in [0.15, 0.2) is 0 Å². The Hall–Kier alpha value is -3.26. The summed E-state index contributed by atoms with van der Waals surface area (Å²) in [4.78, 5) is 0. The van der Waals surface area contributed by atoms with E-state index in [2.05, 4.69) is 97.0 Å². The Labute approximate surface area is 233 Å². The fourth-order valence-corrected chi connectivity index (χ4v) is 6.96. The first-order valence-electron chi connectivity index (χ1n) is 15.5. The quantitative estimate of drug-likeness (QED) is 0.113. The van der Waals surface area contributed by atoms with Gasteiger partial charge in [0.1, 0.15) is 0 Å². The van der Waals surface area contributed by atoms with Crippen LogP contribution in [-0.4, -0.2) is 9.13 Å². The smallest absolute Gasteiger partial charge is 0.0559 e. The number of benzene rings is 4. The van der Waals surface area contributed by atoms with Gasteiger partial charge in [-0.2, -0.15) is 0 Å². The van der Waals surface area contributed by atoms with E-state index < -0.39 is 0 Å². The van der Waals surface area contributed by atoms with Crippen LogP contribution < -0.4 is 0 Å². The number of fused-ring (bicyclic) bond motifs is 9. The number of aromatic nitrogens is 2. The molecule has 0 atom stereocenters. The molecular formula is C37H44N2. The lowest BCUT2D eigenvalue weighted by Gasteiger charge is -2.11. The second-order valence-corrected chi connectivity index (χ2v) is 11.8. The van der Waals surface area contributed by atoms with Crippen LogP contribution in [0.5, 0.6) is 0 Å². The number of nitrogens with zero attached hydrogens (tertiary/aromatic N) is 2. The van der Waals surface area contributed by atoms with E-state index in [9.17, 15) is 0 Å². The standard InChI is InChI=1S/C37H44N2/c1-4-5-6-7-8-9-10-11-12-13-14-15-29-26-28-17-19-33-31-20-22-34-32(18-16-27-24-25-38(2)36(27)34)30(31)21-23-35(33)37(28)39(29)3/h16-26H,4-15H2,1-3H3. The molecule has 0 N–H and O–H groups in total. The maximum Gasteiger partial charge on any atom is 0.0559 e. The highest BCUT2D eigenvalue weighted by molar-refractivity contribution is 6.24. The topological polar surface area (TPSA) is 9.86 Å². The molecule has 4 aromatic carbocycles. The van der Waals surface area contributed by atoms with Crippen LogP contribution >= 0.6 is 0 Å². The van der Waals surface area contributed by atoms with Gasteiger partial charge in [0.25, 0.3) is 0 Å². The minimum atomic E-state index is 1.18. The summed E-state index contributed by atoms with van der Waals surface area (Å²) >= 11 is 0.